The zero-order valence-electron chi connectivity index (χ0n) is 18.5. The van der Waals surface area contributed by atoms with Gasteiger partial charge in [0.15, 0.2) is 5.82 Å². The monoisotopic (exact) mass is 472 g/mol. The number of hydrogen-bond acceptors (Lipinski definition) is 6. The predicted octanol–water partition coefficient (Wildman–Crippen LogP) is 4.32. The Morgan fingerprint density at radius 1 is 1.03 bits per heavy atom. The summed E-state index contributed by atoms with van der Waals surface area (Å²) in [6.07, 6.45) is 0.503. The first-order valence-electron chi connectivity index (χ1n) is 10.7. The Balaban J connectivity index is 1.25. The third-order valence-corrected chi connectivity index (χ3v) is 5.79. The number of ether oxygens (including phenoxy) is 1. The van der Waals surface area contributed by atoms with Crippen LogP contribution in [0.5, 0.6) is 0 Å². The molecule has 1 aliphatic rings. The van der Waals surface area contributed by atoms with Gasteiger partial charge in [-0.25, -0.2) is 9.59 Å². The number of carboxylic acids is 1. The topological polar surface area (TPSA) is 136 Å². The van der Waals surface area contributed by atoms with Crippen LogP contribution < -0.4 is 10.6 Å². The molecule has 0 unspecified atom stereocenters. The van der Waals surface area contributed by atoms with Crippen molar-refractivity contribution in [1.82, 2.24) is 9.78 Å². The Morgan fingerprint density at radius 3 is 2.31 bits per heavy atom. The zero-order chi connectivity index (χ0) is 24.5. The highest BCUT2D eigenvalue weighted by Crippen LogP contribution is 2.44. The first-order chi connectivity index (χ1) is 16.9. The number of rotatable bonds is 6. The number of fused-ring (bicyclic) bond motifs is 3. The highest BCUT2D eigenvalue weighted by atomic mass is 16.5. The summed E-state index contributed by atoms with van der Waals surface area (Å²) < 4.78 is 11.8. The van der Waals surface area contributed by atoms with Crippen LogP contribution in [0.25, 0.3) is 11.1 Å². The van der Waals surface area contributed by atoms with Crippen LogP contribution in [0.2, 0.25) is 0 Å². The Kier molecular flexibility index (Phi) is 5.54. The lowest BCUT2D eigenvalue weighted by Gasteiger charge is -2.14. The van der Waals surface area contributed by atoms with Gasteiger partial charge in [-0.3, -0.25) is 14.8 Å². The molecule has 0 fully saturated rings. The summed E-state index contributed by atoms with van der Waals surface area (Å²) in [7, 11) is 1.44. The van der Waals surface area contributed by atoms with Gasteiger partial charge in [0.1, 0.15) is 12.3 Å². The minimum atomic E-state index is -1.18. The van der Waals surface area contributed by atoms with Gasteiger partial charge in [-0.2, -0.15) is 5.10 Å². The summed E-state index contributed by atoms with van der Waals surface area (Å²) in [5.41, 5.74) is 4.41. The molecule has 2 aromatic carbocycles. The molecule has 4 aromatic rings. The molecule has 2 heterocycles. The summed E-state index contributed by atoms with van der Waals surface area (Å²) in [6, 6.07) is 18.6. The van der Waals surface area contributed by atoms with E-state index in [4.69, 9.17) is 14.3 Å². The molecular formula is C25H20N4O6. The standard InChI is InChI=1S/C25H20N4O6/c1-29-20(24(31)32)12-21(28-29)27-23(30)22-19(10-11-34-22)26-25(33)35-13-18-16-8-4-2-6-14(16)15-7-3-5-9-17(15)18/h2-12,18H,13H2,1H3,(H,26,33)(H,31,32)(H,27,28,30). The molecule has 10 heteroatoms. The number of aryl methyl sites for hydroxylation is 1. The van der Waals surface area contributed by atoms with Crippen molar-refractivity contribution in [3.63, 3.8) is 0 Å². The van der Waals surface area contributed by atoms with Crippen molar-refractivity contribution >= 4 is 29.5 Å². The number of hydrogen-bond donors (Lipinski definition) is 3. The number of aromatic nitrogens is 2. The van der Waals surface area contributed by atoms with Crippen LogP contribution in [0.3, 0.4) is 0 Å². The average Bonchev–Trinajstić information content (AvgIpc) is 3.53. The Morgan fingerprint density at radius 2 is 1.69 bits per heavy atom. The number of nitrogens with one attached hydrogen (secondary N) is 2. The lowest BCUT2D eigenvalue weighted by molar-refractivity contribution is 0.0684. The summed E-state index contributed by atoms with van der Waals surface area (Å²) in [5.74, 6) is -2.15. The molecular weight excluding hydrogens is 452 g/mol. The molecule has 5 rings (SSSR count). The highest BCUT2D eigenvalue weighted by molar-refractivity contribution is 6.07. The van der Waals surface area contributed by atoms with Gasteiger partial charge >= 0.3 is 12.1 Å². The molecule has 0 bridgehead atoms. The van der Waals surface area contributed by atoms with E-state index in [1.807, 2.05) is 48.5 Å². The SMILES string of the molecule is Cn1nc(NC(=O)c2occc2NC(=O)OCC2c3ccccc3-c3ccccc32)cc1C(=O)O. The van der Waals surface area contributed by atoms with Crippen molar-refractivity contribution in [1.29, 1.82) is 0 Å². The number of nitrogens with zero attached hydrogens (tertiary/aromatic N) is 2. The van der Waals surface area contributed by atoms with E-state index < -0.39 is 18.0 Å². The number of carbonyl (C=O) groups is 3. The van der Waals surface area contributed by atoms with Gasteiger partial charge in [0.05, 0.1) is 12.0 Å². The maximum atomic E-state index is 12.6. The molecule has 35 heavy (non-hydrogen) atoms. The minimum absolute atomic E-state index is 0.0263. The van der Waals surface area contributed by atoms with Crippen molar-refractivity contribution in [2.45, 2.75) is 5.92 Å². The fraction of sp³-hybridized carbons (Fsp3) is 0.120. The second-order valence-electron chi connectivity index (χ2n) is 7.91. The van der Waals surface area contributed by atoms with E-state index in [2.05, 4.69) is 15.7 Å². The second-order valence-corrected chi connectivity index (χ2v) is 7.91. The van der Waals surface area contributed by atoms with E-state index in [1.54, 1.807) is 0 Å². The first-order valence-corrected chi connectivity index (χ1v) is 10.7. The highest BCUT2D eigenvalue weighted by Gasteiger charge is 2.29. The molecule has 0 radical (unpaired) electrons. The first kappa shape index (κ1) is 22.0. The van der Waals surface area contributed by atoms with Gasteiger partial charge in [-0.1, -0.05) is 48.5 Å². The average molecular weight is 472 g/mol. The molecule has 0 spiro atoms. The maximum Gasteiger partial charge on any atom is 0.411 e. The third kappa shape index (κ3) is 4.12. The smallest absolute Gasteiger partial charge is 0.411 e. The minimum Gasteiger partial charge on any atom is -0.477 e. The lowest BCUT2D eigenvalue weighted by atomic mass is 9.98. The van der Waals surface area contributed by atoms with Gasteiger partial charge in [0.25, 0.3) is 5.91 Å². The fourth-order valence-corrected chi connectivity index (χ4v) is 4.23. The van der Waals surface area contributed by atoms with E-state index >= 15 is 0 Å². The van der Waals surface area contributed by atoms with Crippen molar-refractivity contribution in [3.05, 3.63) is 89.5 Å². The van der Waals surface area contributed by atoms with Gasteiger partial charge in [0, 0.05) is 25.1 Å². The maximum absolute atomic E-state index is 12.6. The molecule has 2 aromatic heterocycles. The van der Waals surface area contributed by atoms with Crippen molar-refractivity contribution in [2.24, 2.45) is 7.05 Å². The van der Waals surface area contributed by atoms with Crippen LogP contribution in [-0.4, -0.2) is 39.5 Å². The van der Waals surface area contributed by atoms with Crippen LogP contribution in [0.4, 0.5) is 16.3 Å². The molecule has 176 valence electrons. The van der Waals surface area contributed by atoms with Gasteiger partial charge in [-0.15, -0.1) is 0 Å². The fourth-order valence-electron chi connectivity index (χ4n) is 4.23. The summed E-state index contributed by atoms with van der Waals surface area (Å²) in [5, 5.41) is 18.0. The molecule has 1 aliphatic carbocycles. The number of benzene rings is 2. The van der Waals surface area contributed by atoms with Gasteiger partial charge in [-0.05, 0) is 22.3 Å². The molecule has 3 N–H and O–H groups in total. The lowest BCUT2D eigenvalue weighted by Crippen LogP contribution is -2.20. The summed E-state index contributed by atoms with van der Waals surface area (Å²) in [4.78, 5) is 36.3. The number of furan rings is 1. The number of aromatic carboxylic acids is 1. The Bertz CT molecular complexity index is 1410. The molecule has 0 saturated heterocycles. The number of carbonyl (C=O) groups excluding carboxylic acids is 2. The van der Waals surface area contributed by atoms with Crippen molar-refractivity contribution in [2.75, 3.05) is 17.2 Å². The van der Waals surface area contributed by atoms with Crippen LogP contribution in [0, 0.1) is 0 Å². The summed E-state index contributed by atoms with van der Waals surface area (Å²) >= 11 is 0. The van der Waals surface area contributed by atoms with E-state index in [1.165, 1.54) is 25.4 Å². The summed E-state index contributed by atoms with van der Waals surface area (Å²) in [6.45, 7) is 0.116. The Hall–Kier alpha value is -4.86. The van der Waals surface area contributed by atoms with E-state index in [0.717, 1.165) is 26.9 Å². The molecule has 10 nitrogen and oxygen atoms in total. The second kappa shape index (κ2) is 8.82. The molecule has 2 amide bonds. The number of anilines is 2. The van der Waals surface area contributed by atoms with E-state index in [-0.39, 0.29) is 35.5 Å². The quantitative estimate of drug-likeness (QED) is 0.380. The largest absolute Gasteiger partial charge is 0.477 e. The molecule has 0 saturated carbocycles. The normalized spacial score (nSPS) is 12.0. The van der Waals surface area contributed by atoms with Gasteiger partial charge in [0.2, 0.25) is 5.76 Å². The van der Waals surface area contributed by atoms with Crippen LogP contribution in [-0.2, 0) is 11.8 Å². The number of carboxylic acid groups (broad SMARTS) is 1. The van der Waals surface area contributed by atoms with Gasteiger partial charge < -0.3 is 19.6 Å². The van der Waals surface area contributed by atoms with Crippen LogP contribution in [0.15, 0.2) is 71.3 Å². The van der Waals surface area contributed by atoms with E-state index in [9.17, 15) is 14.4 Å². The number of amides is 2. The van der Waals surface area contributed by atoms with Crippen LogP contribution >= 0.6 is 0 Å². The van der Waals surface area contributed by atoms with Crippen molar-refractivity contribution in [3.8, 4) is 11.1 Å². The molecule has 0 atom stereocenters. The molecule has 0 aliphatic heterocycles. The third-order valence-electron chi connectivity index (χ3n) is 5.79. The zero-order valence-corrected chi connectivity index (χ0v) is 18.5. The van der Waals surface area contributed by atoms with Crippen molar-refractivity contribution < 1.29 is 28.6 Å². The van der Waals surface area contributed by atoms with Crippen LogP contribution in [0.1, 0.15) is 38.1 Å². The predicted molar refractivity (Wildman–Crippen MR) is 126 cm³/mol. The Labute approximate surface area is 199 Å². The van der Waals surface area contributed by atoms with E-state index in [0.29, 0.717) is 0 Å².